The molecule has 1 heterocycles. The van der Waals surface area contributed by atoms with Crippen LogP contribution in [0.5, 0.6) is 5.88 Å². The summed E-state index contributed by atoms with van der Waals surface area (Å²) < 4.78 is 29.7. The molecule has 0 aromatic carbocycles. The monoisotopic (exact) mass is 266 g/mol. The third kappa shape index (κ3) is 2.64. The second-order valence-corrected chi connectivity index (χ2v) is 3.12. The van der Waals surface area contributed by atoms with E-state index in [1.807, 2.05) is 0 Å². The molecular formula is C8H5ClF2N2O4. The van der Waals surface area contributed by atoms with Gasteiger partial charge in [-0.05, 0) is 11.6 Å². The Balaban J connectivity index is 3.61. The maximum absolute atomic E-state index is 12.6. The van der Waals surface area contributed by atoms with Gasteiger partial charge in [-0.25, -0.2) is 13.8 Å². The Labute approximate surface area is 98.3 Å². The van der Waals surface area contributed by atoms with Crippen LogP contribution in [0.3, 0.4) is 0 Å². The molecule has 92 valence electrons. The molecule has 0 bridgehead atoms. The first kappa shape index (κ1) is 13.2. The molecule has 0 atom stereocenters. The summed E-state index contributed by atoms with van der Waals surface area (Å²) in [5.41, 5.74) is -2.95. The lowest BCUT2D eigenvalue weighted by Crippen LogP contribution is -2.07. The highest BCUT2D eigenvalue weighted by Crippen LogP contribution is 2.33. The number of aromatic nitrogens is 1. The minimum absolute atomic E-state index is 0.352. The van der Waals surface area contributed by atoms with E-state index in [1.54, 1.807) is 0 Å². The van der Waals surface area contributed by atoms with Crippen molar-refractivity contribution in [1.82, 2.24) is 4.98 Å². The summed E-state index contributed by atoms with van der Waals surface area (Å²) in [5.74, 6) is -0.352. The molecule has 0 fully saturated rings. The van der Waals surface area contributed by atoms with Gasteiger partial charge in [0, 0.05) is 6.07 Å². The molecule has 0 aliphatic heterocycles. The van der Waals surface area contributed by atoms with Crippen LogP contribution in [0, 0.1) is 10.1 Å². The number of hydrogen-bond donors (Lipinski definition) is 0. The van der Waals surface area contributed by atoms with E-state index in [2.05, 4.69) is 9.72 Å². The number of carbonyl (C=O) groups is 1. The van der Waals surface area contributed by atoms with Gasteiger partial charge in [-0.2, -0.15) is 0 Å². The molecule has 0 aliphatic rings. The van der Waals surface area contributed by atoms with Gasteiger partial charge in [-0.3, -0.25) is 14.9 Å². The van der Waals surface area contributed by atoms with Crippen LogP contribution in [-0.2, 0) is 0 Å². The van der Waals surface area contributed by atoms with Gasteiger partial charge in [0.15, 0.2) is 5.69 Å². The second kappa shape index (κ2) is 5.00. The van der Waals surface area contributed by atoms with Crippen molar-refractivity contribution in [3.05, 3.63) is 27.4 Å². The topological polar surface area (TPSA) is 82.3 Å². The molecule has 0 saturated carbocycles. The van der Waals surface area contributed by atoms with Gasteiger partial charge in [0.2, 0.25) is 5.88 Å². The van der Waals surface area contributed by atoms with E-state index >= 15 is 0 Å². The van der Waals surface area contributed by atoms with Gasteiger partial charge in [-0.15, -0.1) is 0 Å². The van der Waals surface area contributed by atoms with E-state index in [0.717, 1.165) is 13.2 Å². The number of nitro groups is 1. The van der Waals surface area contributed by atoms with Gasteiger partial charge in [0.25, 0.3) is 11.7 Å². The SMILES string of the molecule is COc1cc(C(=O)Cl)c([N+](=O)[O-])c(C(F)F)n1. The molecule has 0 aliphatic carbocycles. The summed E-state index contributed by atoms with van der Waals surface area (Å²) in [4.78, 5) is 23.7. The Morgan fingerprint density at radius 1 is 1.65 bits per heavy atom. The molecule has 0 amide bonds. The highest BCUT2D eigenvalue weighted by molar-refractivity contribution is 6.68. The predicted octanol–water partition coefficient (Wildman–Crippen LogP) is 2.32. The zero-order valence-electron chi connectivity index (χ0n) is 8.32. The van der Waals surface area contributed by atoms with Crippen LogP contribution >= 0.6 is 11.6 Å². The van der Waals surface area contributed by atoms with Gasteiger partial charge in [-0.1, -0.05) is 0 Å². The zero-order valence-corrected chi connectivity index (χ0v) is 9.07. The zero-order chi connectivity index (χ0) is 13.2. The highest BCUT2D eigenvalue weighted by atomic mass is 35.5. The van der Waals surface area contributed by atoms with Crippen LogP contribution in [0.1, 0.15) is 22.5 Å². The number of carbonyl (C=O) groups excluding carboxylic acids is 1. The first-order chi connectivity index (χ1) is 7.88. The smallest absolute Gasteiger partial charge is 0.309 e. The Hall–Kier alpha value is -1.83. The first-order valence-corrected chi connectivity index (χ1v) is 4.47. The largest absolute Gasteiger partial charge is 0.481 e. The van der Waals surface area contributed by atoms with Crippen molar-refractivity contribution in [2.24, 2.45) is 0 Å². The number of alkyl halides is 2. The highest BCUT2D eigenvalue weighted by Gasteiger charge is 2.31. The third-order valence-corrected chi connectivity index (χ3v) is 2.01. The van der Waals surface area contributed by atoms with E-state index in [-0.39, 0.29) is 5.88 Å². The van der Waals surface area contributed by atoms with Crippen molar-refractivity contribution in [1.29, 1.82) is 0 Å². The number of methoxy groups -OCH3 is 1. The minimum Gasteiger partial charge on any atom is -0.481 e. The molecule has 1 aromatic rings. The average Bonchev–Trinajstić information content (AvgIpc) is 2.26. The van der Waals surface area contributed by atoms with Crippen molar-refractivity contribution < 1.29 is 23.2 Å². The van der Waals surface area contributed by atoms with Crippen molar-refractivity contribution in [2.75, 3.05) is 7.11 Å². The fourth-order valence-electron chi connectivity index (χ4n) is 1.13. The summed E-state index contributed by atoms with van der Waals surface area (Å²) in [5, 5.41) is 9.39. The summed E-state index contributed by atoms with van der Waals surface area (Å²) >= 11 is 5.09. The van der Waals surface area contributed by atoms with E-state index in [9.17, 15) is 23.7 Å². The fourth-order valence-corrected chi connectivity index (χ4v) is 1.28. The Bertz CT molecular complexity index is 481. The number of ether oxygens (including phenoxy) is 1. The number of pyridine rings is 1. The maximum Gasteiger partial charge on any atom is 0.309 e. The molecule has 0 radical (unpaired) electrons. The van der Waals surface area contributed by atoms with Crippen LogP contribution in [0.25, 0.3) is 0 Å². The standard InChI is InChI=1S/C8H5ClF2N2O4/c1-17-4-2-3(7(9)14)6(13(15)16)5(12-4)8(10)11/h2,8H,1H3. The van der Waals surface area contributed by atoms with Gasteiger partial charge in [0.05, 0.1) is 12.0 Å². The Kier molecular flexibility index (Phi) is 3.89. The van der Waals surface area contributed by atoms with E-state index < -0.39 is 33.5 Å². The van der Waals surface area contributed by atoms with Crippen molar-refractivity contribution >= 4 is 22.5 Å². The maximum atomic E-state index is 12.6. The van der Waals surface area contributed by atoms with Gasteiger partial charge >= 0.3 is 5.69 Å². The molecule has 1 rings (SSSR count). The lowest BCUT2D eigenvalue weighted by molar-refractivity contribution is -0.386. The summed E-state index contributed by atoms with van der Waals surface area (Å²) in [7, 11) is 1.12. The molecule has 6 nitrogen and oxygen atoms in total. The minimum atomic E-state index is -3.22. The molecule has 0 saturated heterocycles. The molecule has 17 heavy (non-hydrogen) atoms. The number of rotatable bonds is 4. The quantitative estimate of drug-likeness (QED) is 0.474. The molecule has 9 heteroatoms. The van der Waals surface area contributed by atoms with Crippen molar-refractivity contribution in [2.45, 2.75) is 6.43 Å². The van der Waals surface area contributed by atoms with Crippen molar-refractivity contribution in [3.8, 4) is 5.88 Å². The molecule has 0 N–H and O–H groups in total. The summed E-state index contributed by atoms with van der Waals surface area (Å²) in [6.45, 7) is 0. The molecule has 0 unspecified atom stereocenters. The van der Waals surface area contributed by atoms with E-state index in [0.29, 0.717) is 0 Å². The molecule has 0 spiro atoms. The first-order valence-electron chi connectivity index (χ1n) is 4.09. The number of nitrogens with zero attached hydrogens (tertiary/aromatic N) is 2. The van der Waals surface area contributed by atoms with Crippen LogP contribution in [-0.4, -0.2) is 22.3 Å². The van der Waals surface area contributed by atoms with E-state index in [1.165, 1.54) is 0 Å². The van der Waals surface area contributed by atoms with Gasteiger partial charge < -0.3 is 4.74 Å². The lowest BCUT2D eigenvalue weighted by Gasteiger charge is -2.06. The van der Waals surface area contributed by atoms with Crippen LogP contribution < -0.4 is 4.74 Å². The lowest BCUT2D eigenvalue weighted by atomic mass is 10.2. The van der Waals surface area contributed by atoms with E-state index in [4.69, 9.17) is 11.6 Å². The van der Waals surface area contributed by atoms with Crippen LogP contribution in [0.2, 0.25) is 0 Å². The third-order valence-electron chi connectivity index (χ3n) is 1.81. The number of halogens is 3. The predicted molar refractivity (Wildman–Crippen MR) is 52.6 cm³/mol. The molecular weight excluding hydrogens is 262 g/mol. The molecule has 1 aromatic heterocycles. The average molecular weight is 267 g/mol. The Morgan fingerprint density at radius 2 is 2.24 bits per heavy atom. The van der Waals surface area contributed by atoms with Crippen LogP contribution in [0.4, 0.5) is 14.5 Å². The summed E-state index contributed by atoms with van der Waals surface area (Å²) in [6.07, 6.45) is -3.22. The fraction of sp³-hybridized carbons (Fsp3) is 0.250. The summed E-state index contributed by atoms with van der Waals surface area (Å²) in [6, 6.07) is 0.833. The number of hydrogen-bond acceptors (Lipinski definition) is 5. The Morgan fingerprint density at radius 3 is 2.59 bits per heavy atom. The van der Waals surface area contributed by atoms with Crippen LogP contribution in [0.15, 0.2) is 6.07 Å². The second-order valence-electron chi connectivity index (χ2n) is 2.78. The van der Waals surface area contributed by atoms with Crippen molar-refractivity contribution in [3.63, 3.8) is 0 Å². The van der Waals surface area contributed by atoms with Gasteiger partial charge in [0.1, 0.15) is 5.56 Å². The normalized spacial score (nSPS) is 10.4.